The maximum absolute atomic E-state index is 12.1. The Labute approximate surface area is 163 Å². The second-order valence-corrected chi connectivity index (χ2v) is 8.75. The summed E-state index contributed by atoms with van der Waals surface area (Å²) in [6.07, 6.45) is 2.63. The van der Waals surface area contributed by atoms with E-state index in [0.717, 1.165) is 22.9 Å². The van der Waals surface area contributed by atoms with Gasteiger partial charge >= 0.3 is 0 Å². The number of rotatable bonds is 6. The smallest absolute Gasteiger partial charge is 0.264 e. The SMILES string of the molecule is CC(C)COc1ccc(-c2nn(C)c3cc(C(=O)NS(C)(=O)=O)ccc23)cn1. The Hall–Kier alpha value is -2.94. The van der Waals surface area contributed by atoms with Crippen LogP contribution in [0.15, 0.2) is 36.5 Å². The van der Waals surface area contributed by atoms with Crippen molar-refractivity contribution < 1.29 is 17.9 Å². The molecular formula is C19H22N4O4S. The molecule has 2 heterocycles. The van der Waals surface area contributed by atoms with E-state index in [4.69, 9.17) is 4.74 Å². The molecule has 0 unspecified atom stereocenters. The average Bonchev–Trinajstić information content (AvgIpc) is 2.95. The number of ether oxygens (including phenoxy) is 1. The number of nitrogens with zero attached hydrogens (tertiary/aromatic N) is 3. The number of aryl methyl sites for hydroxylation is 1. The highest BCUT2D eigenvalue weighted by Crippen LogP contribution is 2.28. The first-order valence-corrected chi connectivity index (χ1v) is 10.6. The number of nitrogens with one attached hydrogen (secondary N) is 1. The van der Waals surface area contributed by atoms with E-state index in [1.54, 1.807) is 42.2 Å². The Morgan fingerprint density at radius 3 is 2.61 bits per heavy atom. The van der Waals surface area contributed by atoms with Gasteiger partial charge in [-0.05, 0) is 30.2 Å². The molecular weight excluding hydrogens is 380 g/mol. The van der Waals surface area contributed by atoms with Crippen LogP contribution in [0.2, 0.25) is 0 Å². The third-order valence-corrected chi connectivity index (χ3v) is 4.52. The fourth-order valence-corrected chi connectivity index (χ4v) is 3.15. The molecule has 148 valence electrons. The Kier molecular flexibility index (Phi) is 5.37. The molecule has 1 aromatic carbocycles. The van der Waals surface area contributed by atoms with Gasteiger partial charge in [0.1, 0.15) is 5.69 Å². The van der Waals surface area contributed by atoms with Gasteiger partial charge in [-0.2, -0.15) is 5.10 Å². The zero-order chi connectivity index (χ0) is 20.5. The van der Waals surface area contributed by atoms with Crippen LogP contribution in [0.3, 0.4) is 0 Å². The Morgan fingerprint density at radius 1 is 1.25 bits per heavy atom. The van der Waals surface area contributed by atoms with E-state index in [1.807, 2.05) is 10.8 Å². The quantitative estimate of drug-likeness (QED) is 0.679. The van der Waals surface area contributed by atoms with Crippen molar-refractivity contribution in [3.8, 4) is 17.1 Å². The highest BCUT2D eigenvalue weighted by molar-refractivity contribution is 7.89. The maximum Gasteiger partial charge on any atom is 0.264 e. The van der Waals surface area contributed by atoms with Crippen LogP contribution in [0.25, 0.3) is 22.2 Å². The zero-order valence-electron chi connectivity index (χ0n) is 16.1. The molecule has 0 fully saturated rings. The standard InChI is InChI=1S/C19H22N4O4S/c1-12(2)11-27-17-8-6-14(10-20-17)18-15-7-5-13(9-16(15)23(3)21-18)19(24)22-28(4,25)26/h5-10,12H,11H2,1-4H3,(H,22,24). The first-order chi connectivity index (χ1) is 13.1. The lowest BCUT2D eigenvalue weighted by atomic mass is 10.1. The van der Waals surface area contributed by atoms with E-state index in [0.29, 0.717) is 23.9 Å². The topological polar surface area (TPSA) is 103 Å². The van der Waals surface area contributed by atoms with Crippen LogP contribution < -0.4 is 9.46 Å². The molecule has 0 radical (unpaired) electrons. The summed E-state index contributed by atoms with van der Waals surface area (Å²) in [5.41, 5.74) is 2.48. The van der Waals surface area contributed by atoms with Crippen LogP contribution in [0.4, 0.5) is 0 Å². The van der Waals surface area contributed by atoms with Crippen molar-refractivity contribution in [2.45, 2.75) is 13.8 Å². The highest BCUT2D eigenvalue weighted by atomic mass is 32.2. The molecule has 9 heteroatoms. The normalized spacial score (nSPS) is 11.8. The molecule has 0 atom stereocenters. The number of sulfonamides is 1. The summed E-state index contributed by atoms with van der Waals surface area (Å²) in [6.45, 7) is 4.73. The molecule has 3 aromatic rings. The number of benzene rings is 1. The number of aromatic nitrogens is 3. The van der Waals surface area contributed by atoms with Gasteiger partial charge < -0.3 is 4.74 Å². The number of carbonyl (C=O) groups excluding carboxylic acids is 1. The number of hydrogen-bond acceptors (Lipinski definition) is 6. The minimum atomic E-state index is -3.63. The minimum absolute atomic E-state index is 0.239. The fraction of sp³-hybridized carbons (Fsp3) is 0.316. The molecule has 0 aliphatic heterocycles. The molecule has 2 aromatic heterocycles. The average molecular weight is 402 g/mol. The summed E-state index contributed by atoms with van der Waals surface area (Å²) in [7, 11) is -1.87. The van der Waals surface area contributed by atoms with Gasteiger partial charge in [0.05, 0.1) is 18.4 Å². The predicted molar refractivity (Wildman–Crippen MR) is 107 cm³/mol. The Bertz CT molecular complexity index is 1120. The summed E-state index contributed by atoms with van der Waals surface area (Å²) in [6, 6.07) is 8.61. The van der Waals surface area contributed by atoms with E-state index in [9.17, 15) is 13.2 Å². The fourth-order valence-electron chi connectivity index (χ4n) is 2.70. The van der Waals surface area contributed by atoms with Crippen LogP contribution in [0.1, 0.15) is 24.2 Å². The molecule has 0 aliphatic rings. The van der Waals surface area contributed by atoms with Crippen molar-refractivity contribution in [2.75, 3.05) is 12.9 Å². The van der Waals surface area contributed by atoms with Gasteiger partial charge in [0, 0.05) is 35.8 Å². The van der Waals surface area contributed by atoms with Crippen molar-refractivity contribution in [1.29, 1.82) is 0 Å². The van der Waals surface area contributed by atoms with E-state index >= 15 is 0 Å². The first kappa shape index (κ1) is 19.8. The highest BCUT2D eigenvalue weighted by Gasteiger charge is 2.16. The summed E-state index contributed by atoms with van der Waals surface area (Å²) in [5, 5.41) is 5.35. The van der Waals surface area contributed by atoms with E-state index in [2.05, 4.69) is 23.9 Å². The van der Waals surface area contributed by atoms with Crippen LogP contribution >= 0.6 is 0 Å². The molecule has 1 N–H and O–H groups in total. The number of carbonyl (C=O) groups is 1. The molecule has 3 rings (SSSR count). The summed E-state index contributed by atoms with van der Waals surface area (Å²) >= 11 is 0. The van der Waals surface area contributed by atoms with E-state index < -0.39 is 15.9 Å². The molecule has 0 spiro atoms. The number of fused-ring (bicyclic) bond motifs is 1. The van der Waals surface area contributed by atoms with Crippen molar-refractivity contribution in [3.05, 3.63) is 42.1 Å². The molecule has 0 aliphatic carbocycles. The van der Waals surface area contributed by atoms with Crippen LogP contribution in [-0.2, 0) is 17.1 Å². The zero-order valence-corrected chi connectivity index (χ0v) is 16.9. The Morgan fingerprint density at radius 2 is 2.00 bits per heavy atom. The van der Waals surface area contributed by atoms with Crippen molar-refractivity contribution >= 4 is 26.8 Å². The summed E-state index contributed by atoms with van der Waals surface area (Å²) < 4.78 is 31.8. The molecule has 28 heavy (non-hydrogen) atoms. The lowest BCUT2D eigenvalue weighted by Gasteiger charge is -2.07. The molecule has 0 saturated heterocycles. The predicted octanol–water partition coefficient (Wildman–Crippen LogP) is 2.36. The maximum atomic E-state index is 12.1. The van der Waals surface area contributed by atoms with Crippen molar-refractivity contribution in [3.63, 3.8) is 0 Å². The lowest BCUT2D eigenvalue weighted by molar-refractivity contribution is 0.0982. The van der Waals surface area contributed by atoms with Gasteiger partial charge in [-0.15, -0.1) is 0 Å². The second-order valence-electron chi connectivity index (χ2n) is 7.00. The van der Waals surface area contributed by atoms with Gasteiger partial charge in [0.2, 0.25) is 15.9 Å². The summed E-state index contributed by atoms with van der Waals surface area (Å²) in [5.74, 6) is 0.285. The van der Waals surface area contributed by atoms with Crippen molar-refractivity contribution in [2.24, 2.45) is 13.0 Å². The second kappa shape index (κ2) is 7.59. The first-order valence-electron chi connectivity index (χ1n) is 8.72. The minimum Gasteiger partial charge on any atom is -0.477 e. The lowest BCUT2D eigenvalue weighted by Crippen LogP contribution is -2.29. The van der Waals surface area contributed by atoms with Crippen LogP contribution in [0, 0.1) is 5.92 Å². The number of hydrogen-bond donors (Lipinski definition) is 1. The summed E-state index contributed by atoms with van der Waals surface area (Å²) in [4.78, 5) is 16.4. The number of amides is 1. The monoisotopic (exact) mass is 402 g/mol. The van der Waals surface area contributed by atoms with Crippen molar-refractivity contribution in [1.82, 2.24) is 19.5 Å². The van der Waals surface area contributed by atoms with Gasteiger partial charge in [-0.1, -0.05) is 13.8 Å². The van der Waals surface area contributed by atoms with Gasteiger partial charge in [0.25, 0.3) is 5.91 Å². The molecule has 8 nitrogen and oxygen atoms in total. The third-order valence-electron chi connectivity index (χ3n) is 3.97. The Balaban J connectivity index is 1.92. The molecule has 0 bridgehead atoms. The number of pyridine rings is 1. The molecule has 0 saturated carbocycles. The van der Waals surface area contributed by atoms with Crippen LogP contribution in [0.5, 0.6) is 5.88 Å². The van der Waals surface area contributed by atoms with E-state index in [-0.39, 0.29) is 5.56 Å². The molecule has 1 amide bonds. The van der Waals surface area contributed by atoms with Gasteiger partial charge in [-0.3, -0.25) is 9.48 Å². The van der Waals surface area contributed by atoms with Crippen LogP contribution in [-0.4, -0.2) is 42.0 Å². The van der Waals surface area contributed by atoms with E-state index in [1.165, 1.54) is 0 Å². The van der Waals surface area contributed by atoms with Gasteiger partial charge in [-0.25, -0.2) is 18.1 Å². The largest absolute Gasteiger partial charge is 0.477 e. The van der Waals surface area contributed by atoms with Gasteiger partial charge in [0.15, 0.2) is 0 Å². The third kappa shape index (κ3) is 4.48.